The first kappa shape index (κ1) is 21.4. The Bertz CT molecular complexity index is 779. The highest BCUT2D eigenvalue weighted by molar-refractivity contribution is 14.0. The summed E-state index contributed by atoms with van der Waals surface area (Å²) < 4.78 is 28.8. The van der Waals surface area contributed by atoms with Crippen LogP contribution in [0.2, 0.25) is 0 Å². The Morgan fingerprint density at radius 2 is 2.19 bits per heavy atom. The molecule has 1 aromatic heterocycles. The molecule has 1 aliphatic heterocycles. The maximum atomic E-state index is 14.0. The van der Waals surface area contributed by atoms with Gasteiger partial charge < -0.3 is 15.5 Å². The van der Waals surface area contributed by atoms with Crippen LogP contribution in [-0.4, -0.2) is 41.4 Å². The molecule has 1 fully saturated rings. The number of halogens is 3. The number of aliphatic imine (C=N–C) groups is 1. The second-order valence-corrected chi connectivity index (χ2v) is 6.39. The lowest BCUT2D eigenvalue weighted by Gasteiger charge is -2.21. The zero-order chi connectivity index (χ0) is 18.5. The van der Waals surface area contributed by atoms with Crippen molar-refractivity contribution in [3.05, 3.63) is 47.8 Å². The van der Waals surface area contributed by atoms with Crippen LogP contribution in [0.25, 0.3) is 0 Å². The van der Waals surface area contributed by atoms with Crippen LogP contribution in [0.15, 0.2) is 35.6 Å². The van der Waals surface area contributed by atoms with E-state index in [-0.39, 0.29) is 30.0 Å². The number of hydrogen-bond donors (Lipinski definition) is 2. The summed E-state index contributed by atoms with van der Waals surface area (Å²) in [5, 5.41) is 10.8. The van der Waals surface area contributed by atoms with E-state index in [2.05, 4.69) is 20.7 Å². The third-order valence-corrected chi connectivity index (χ3v) is 4.30. The molecule has 2 heterocycles. The number of rotatable bonds is 5. The Balaban J connectivity index is 0.00000261. The molecule has 0 spiro atoms. The van der Waals surface area contributed by atoms with Crippen LogP contribution in [0, 0.1) is 11.6 Å². The van der Waals surface area contributed by atoms with Gasteiger partial charge in [-0.25, -0.2) is 13.8 Å². The van der Waals surface area contributed by atoms with Crippen molar-refractivity contribution < 1.29 is 8.78 Å². The molecule has 2 aromatic rings. The second-order valence-electron chi connectivity index (χ2n) is 6.39. The number of nitrogens with zero attached hydrogens (tertiary/aromatic N) is 4. The lowest BCUT2D eigenvalue weighted by Crippen LogP contribution is -2.44. The molecule has 148 valence electrons. The highest BCUT2D eigenvalue weighted by Gasteiger charge is 2.25. The van der Waals surface area contributed by atoms with Gasteiger partial charge in [0, 0.05) is 50.6 Å². The zero-order valence-corrected chi connectivity index (χ0v) is 17.8. The zero-order valence-electron chi connectivity index (χ0n) is 15.5. The summed E-state index contributed by atoms with van der Waals surface area (Å²) in [5.41, 5.74) is 1.47. The van der Waals surface area contributed by atoms with Crippen molar-refractivity contribution in [3.8, 4) is 0 Å². The Morgan fingerprint density at radius 3 is 2.85 bits per heavy atom. The average Bonchev–Trinajstić information content (AvgIpc) is 3.22. The minimum atomic E-state index is -0.558. The SMILES string of the molecule is CCNC(=NCc1cnn(C)c1)NC1CCN(c2ccc(F)cc2F)C1.I. The molecule has 9 heteroatoms. The fraction of sp³-hybridized carbons (Fsp3) is 0.444. The van der Waals surface area contributed by atoms with Gasteiger partial charge in [-0.05, 0) is 25.5 Å². The number of nitrogens with one attached hydrogen (secondary N) is 2. The number of guanidine groups is 1. The van der Waals surface area contributed by atoms with E-state index in [0.29, 0.717) is 25.3 Å². The minimum Gasteiger partial charge on any atom is -0.367 e. The van der Waals surface area contributed by atoms with Gasteiger partial charge in [0.2, 0.25) is 0 Å². The molecule has 27 heavy (non-hydrogen) atoms. The van der Waals surface area contributed by atoms with Gasteiger partial charge in [-0.3, -0.25) is 4.68 Å². The van der Waals surface area contributed by atoms with Crippen molar-refractivity contribution in [1.29, 1.82) is 0 Å². The number of benzene rings is 1. The van der Waals surface area contributed by atoms with Crippen molar-refractivity contribution in [2.24, 2.45) is 12.0 Å². The van der Waals surface area contributed by atoms with Crippen molar-refractivity contribution in [3.63, 3.8) is 0 Å². The van der Waals surface area contributed by atoms with Crippen molar-refractivity contribution in [2.45, 2.75) is 25.9 Å². The molecule has 0 amide bonds. The number of aryl methyl sites for hydroxylation is 1. The van der Waals surface area contributed by atoms with Crippen LogP contribution in [0.3, 0.4) is 0 Å². The van der Waals surface area contributed by atoms with Crippen LogP contribution >= 0.6 is 24.0 Å². The van der Waals surface area contributed by atoms with Gasteiger partial charge >= 0.3 is 0 Å². The molecular weight excluding hydrogens is 465 g/mol. The molecule has 0 saturated carbocycles. The van der Waals surface area contributed by atoms with Crippen molar-refractivity contribution in [1.82, 2.24) is 20.4 Å². The number of aromatic nitrogens is 2. The Labute approximate surface area is 175 Å². The topological polar surface area (TPSA) is 57.5 Å². The third-order valence-electron chi connectivity index (χ3n) is 4.30. The normalized spacial score (nSPS) is 17.0. The Hall–Kier alpha value is -1.91. The lowest BCUT2D eigenvalue weighted by molar-refractivity contribution is 0.580. The summed E-state index contributed by atoms with van der Waals surface area (Å²) in [5.74, 6) is -0.359. The van der Waals surface area contributed by atoms with E-state index in [1.54, 1.807) is 10.9 Å². The van der Waals surface area contributed by atoms with Gasteiger partial charge in [0.25, 0.3) is 0 Å². The van der Waals surface area contributed by atoms with E-state index in [4.69, 9.17) is 0 Å². The summed E-state index contributed by atoms with van der Waals surface area (Å²) in [6.07, 6.45) is 4.58. The Morgan fingerprint density at radius 1 is 1.37 bits per heavy atom. The summed E-state index contributed by atoms with van der Waals surface area (Å²) >= 11 is 0. The largest absolute Gasteiger partial charge is 0.367 e. The predicted octanol–water partition coefficient (Wildman–Crippen LogP) is 2.65. The summed E-state index contributed by atoms with van der Waals surface area (Å²) in [6.45, 7) is 4.65. The maximum absolute atomic E-state index is 14.0. The molecule has 1 aromatic carbocycles. The quantitative estimate of drug-likeness (QED) is 0.385. The van der Waals surface area contributed by atoms with E-state index < -0.39 is 11.6 Å². The van der Waals surface area contributed by atoms with Gasteiger partial charge in [0.15, 0.2) is 5.96 Å². The molecule has 3 rings (SSSR count). The summed E-state index contributed by atoms with van der Waals surface area (Å²) in [7, 11) is 1.87. The fourth-order valence-electron chi connectivity index (χ4n) is 3.07. The molecule has 2 N–H and O–H groups in total. The highest BCUT2D eigenvalue weighted by Crippen LogP contribution is 2.24. The van der Waals surface area contributed by atoms with Crippen molar-refractivity contribution in [2.75, 3.05) is 24.5 Å². The molecule has 1 aliphatic rings. The van der Waals surface area contributed by atoms with Gasteiger partial charge in [-0.2, -0.15) is 5.10 Å². The minimum absolute atomic E-state index is 0. The average molecular weight is 490 g/mol. The maximum Gasteiger partial charge on any atom is 0.191 e. The molecule has 1 atom stereocenters. The first-order valence-electron chi connectivity index (χ1n) is 8.77. The van der Waals surface area contributed by atoms with Crippen LogP contribution in [0.1, 0.15) is 18.9 Å². The summed E-state index contributed by atoms with van der Waals surface area (Å²) in [4.78, 5) is 6.51. The van der Waals surface area contributed by atoms with Crippen LogP contribution < -0.4 is 15.5 Å². The first-order chi connectivity index (χ1) is 12.5. The lowest BCUT2D eigenvalue weighted by atomic mass is 10.2. The van der Waals surface area contributed by atoms with E-state index in [1.807, 2.05) is 25.1 Å². The van der Waals surface area contributed by atoms with Crippen LogP contribution in [0.5, 0.6) is 0 Å². The number of anilines is 1. The molecule has 6 nitrogen and oxygen atoms in total. The molecule has 1 unspecified atom stereocenters. The van der Waals surface area contributed by atoms with Gasteiger partial charge in [0.05, 0.1) is 18.4 Å². The fourth-order valence-corrected chi connectivity index (χ4v) is 3.07. The molecular formula is C18H25F2IN6. The van der Waals surface area contributed by atoms with Crippen LogP contribution in [0.4, 0.5) is 14.5 Å². The van der Waals surface area contributed by atoms with E-state index in [9.17, 15) is 8.78 Å². The van der Waals surface area contributed by atoms with Gasteiger partial charge in [-0.1, -0.05) is 0 Å². The number of hydrogen-bond acceptors (Lipinski definition) is 3. The predicted molar refractivity (Wildman–Crippen MR) is 114 cm³/mol. The third kappa shape index (κ3) is 5.78. The van der Waals surface area contributed by atoms with Gasteiger partial charge in [0.1, 0.15) is 11.6 Å². The standard InChI is InChI=1S/C18H24F2N6.HI/c1-3-21-18(22-9-13-10-23-25(2)11-13)24-15-6-7-26(12-15)17-5-4-14(19)8-16(17)20;/h4-5,8,10-11,15H,3,6-7,9,12H2,1-2H3,(H2,21,22,24);1H. The van der Waals surface area contributed by atoms with Crippen LogP contribution in [-0.2, 0) is 13.6 Å². The van der Waals surface area contributed by atoms with Gasteiger partial charge in [-0.15, -0.1) is 24.0 Å². The van der Waals surface area contributed by atoms with Crippen molar-refractivity contribution >= 4 is 35.6 Å². The molecule has 1 saturated heterocycles. The van der Waals surface area contributed by atoms with E-state index in [0.717, 1.165) is 30.6 Å². The first-order valence-corrected chi connectivity index (χ1v) is 8.77. The molecule has 0 bridgehead atoms. The second kappa shape index (κ2) is 9.86. The monoisotopic (exact) mass is 490 g/mol. The molecule has 0 aliphatic carbocycles. The Kier molecular flexibility index (Phi) is 7.81. The smallest absolute Gasteiger partial charge is 0.191 e. The highest BCUT2D eigenvalue weighted by atomic mass is 127. The molecule has 0 radical (unpaired) electrons. The van der Waals surface area contributed by atoms with E-state index in [1.165, 1.54) is 12.1 Å². The summed E-state index contributed by atoms with van der Waals surface area (Å²) in [6, 6.07) is 3.86. The van der Waals surface area contributed by atoms with E-state index >= 15 is 0 Å².